The van der Waals surface area contributed by atoms with Crippen molar-refractivity contribution in [3.8, 4) is 50.8 Å². The molecule has 51 heavy (non-hydrogen) atoms. The molecule has 0 bridgehead atoms. The predicted molar refractivity (Wildman–Crippen MR) is 211 cm³/mol. The first-order valence-electron chi connectivity index (χ1n) is 17.2. The van der Waals surface area contributed by atoms with Gasteiger partial charge in [-0.15, -0.1) is 0 Å². The molecule has 4 nitrogen and oxygen atoms in total. The van der Waals surface area contributed by atoms with E-state index in [4.69, 9.17) is 15.0 Å². The summed E-state index contributed by atoms with van der Waals surface area (Å²) in [4.78, 5) is 15.4. The highest BCUT2D eigenvalue weighted by atomic mass is 15.0. The van der Waals surface area contributed by atoms with Crippen LogP contribution in [0.1, 0.15) is 0 Å². The van der Waals surface area contributed by atoms with Crippen LogP contribution in [0.25, 0.3) is 94.3 Å². The Morgan fingerprint density at radius 2 is 0.922 bits per heavy atom. The van der Waals surface area contributed by atoms with Crippen LogP contribution in [-0.2, 0) is 0 Å². The van der Waals surface area contributed by atoms with Crippen molar-refractivity contribution in [2.45, 2.75) is 0 Å². The number of rotatable bonds is 5. The monoisotopic (exact) mass is 650 g/mol. The van der Waals surface area contributed by atoms with Crippen LogP contribution in [0.3, 0.4) is 0 Å². The normalized spacial score (nSPS) is 11.5. The lowest BCUT2D eigenvalue weighted by Gasteiger charge is -2.13. The Labute approximate surface area is 295 Å². The summed E-state index contributed by atoms with van der Waals surface area (Å²) in [6.45, 7) is 0. The van der Waals surface area contributed by atoms with Crippen LogP contribution >= 0.6 is 0 Å². The molecule has 3 heterocycles. The molecule has 0 atom stereocenters. The van der Waals surface area contributed by atoms with Crippen molar-refractivity contribution in [1.29, 1.82) is 0 Å². The molecule has 10 rings (SSSR count). The molecule has 0 aliphatic heterocycles. The minimum Gasteiger partial charge on any atom is -0.309 e. The van der Waals surface area contributed by atoms with Crippen LogP contribution in [0, 0.1) is 0 Å². The predicted octanol–water partition coefficient (Wildman–Crippen LogP) is 11.9. The highest BCUT2D eigenvalue weighted by Crippen LogP contribution is 2.42. The molecule has 0 aliphatic carbocycles. The second-order valence-electron chi connectivity index (χ2n) is 12.8. The van der Waals surface area contributed by atoms with Crippen molar-refractivity contribution in [2.24, 2.45) is 0 Å². The molecule has 238 valence electrons. The number of nitrogens with zero attached hydrogens (tertiary/aromatic N) is 4. The second kappa shape index (κ2) is 11.9. The van der Waals surface area contributed by atoms with Crippen molar-refractivity contribution < 1.29 is 0 Å². The SMILES string of the molecule is c1ccc(-c2cc(-c3ccccc3)nc(-c3ccc(-c4nc5ccccc5c5c4ccc4c5c5ccccc5n4-c4ccccc4)cc3)n2)cc1. The number of aromatic nitrogens is 4. The minimum absolute atomic E-state index is 0.688. The Morgan fingerprint density at radius 1 is 0.353 bits per heavy atom. The first-order chi connectivity index (χ1) is 25.3. The third-order valence-electron chi connectivity index (χ3n) is 9.80. The van der Waals surface area contributed by atoms with Gasteiger partial charge in [0, 0.05) is 54.9 Å². The summed E-state index contributed by atoms with van der Waals surface area (Å²) in [6.07, 6.45) is 0. The van der Waals surface area contributed by atoms with Crippen LogP contribution in [0.15, 0.2) is 182 Å². The van der Waals surface area contributed by atoms with Gasteiger partial charge < -0.3 is 4.57 Å². The van der Waals surface area contributed by atoms with Gasteiger partial charge in [-0.3, -0.25) is 0 Å². The third-order valence-corrected chi connectivity index (χ3v) is 9.80. The zero-order chi connectivity index (χ0) is 33.7. The van der Waals surface area contributed by atoms with E-state index in [2.05, 4.69) is 150 Å². The smallest absolute Gasteiger partial charge is 0.160 e. The minimum atomic E-state index is 0.688. The van der Waals surface area contributed by atoms with Gasteiger partial charge in [0.1, 0.15) is 0 Å². The Balaban J connectivity index is 1.17. The molecule has 0 saturated carbocycles. The van der Waals surface area contributed by atoms with E-state index in [0.29, 0.717) is 5.82 Å². The summed E-state index contributed by atoms with van der Waals surface area (Å²) in [5.74, 6) is 0.688. The van der Waals surface area contributed by atoms with Gasteiger partial charge in [-0.2, -0.15) is 0 Å². The molecule has 10 aromatic rings. The number of para-hydroxylation sites is 3. The van der Waals surface area contributed by atoms with Gasteiger partial charge in [0.05, 0.1) is 33.6 Å². The number of pyridine rings is 1. The fourth-order valence-electron chi connectivity index (χ4n) is 7.44. The van der Waals surface area contributed by atoms with Crippen LogP contribution < -0.4 is 0 Å². The molecule has 0 amide bonds. The van der Waals surface area contributed by atoms with E-state index in [1.54, 1.807) is 0 Å². The lowest BCUT2D eigenvalue weighted by Crippen LogP contribution is -1.96. The number of benzene rings is 7. The molecule has 0 saturated heterocycles. The molecule has 4 heteroatoms. The summed E-state index contributed by atoms with van der Waals surface area (Å²) < 4.78 is 2.38. The summed E-state index contributed by atoms with van der Waals surface area (Å²) in [5.41, 5.74) is 11.3. The van der Waals surface area contributed by atoms with Crippen molar-refractivity contribution >= 4 is 43.5 Å². The molecule has 0 aliphatic rings. The van der Waals surface area contributed by atoms with E-state index in [1.165, 1.54) is 27.2 Å². The fourth-order valence-corrected chi connectivity index (χ4v) is 7.44. The van der Waals surface area contributed by atoms with Gasteiger partial charge in [-0.25, -0.2) is 15.0 Å². The molecule has 0 unspecified atom stereocenters. The Morgan fingerprint density at radius 3 is 1.61 bits per heavy atom. The van der Waals surface area contributed by atoms with Gasteiger partial charge in [-0.05, 0) is 36.4 Å². The molecule has 0 radical (unpaired) electrons. The quantitative estimate of drug-likeness (QED) is 0.174. The Bertz CT molecular complexity index is 2820. The van der Waals surface area contributed by atoms with E-state index < -0.39 is 0 Å². The molecule has 7 aromatic carbocycles. The molecular weight excluding hydrogens is 621 g/mol. The molecule has 0 spiro atoms. The summed E-state index contributed by atoms with van der Waals surface area (Å²) in [6, 6.07) is 63.6. The fraction of sp³-hybridized carbons (Fsp3) is 0. The van der Waals surface area contributed by atoms with Crippen LogP contribution in [-0.4, -0.2) is 19.5 Å². The van der Waals surface area contributed by atoms with Gasteiger partial charge in [0.2, 0.25) is 0 Å². The van der Waals surface area contributed by atoms with Gasteiger partial charge in [0.15, 0.2) is 5.82 Å². The molecular formula is C47H30N4. The van der Waals surface area contributed by atoms with Crippen molar-refractivity contribution in [3.05, 3.63) is 182 Å². The number of hydrogen-bond acceptors (Lipinski definition) is 3. The van der Waals surface area contributed by atoms with E-state index >= 15 is 0 Å². The summed E-state index contributed by atoms with van der Waals surface area (Å²) in [7, 11) is 0. The van der Waals surface area contributed by atoms with Crippen molar-refractivity contribution in [3.63, 3.8) is 0 Å². The maximum atomic E-state index is 5.30. The first kappa shape index (κ1) is 29.0. The summed E-state index contributed by atoms with van der Waals surface area (Å²) >= 11 is 0. The Hall–Kier alpha value is -6.91. The second-order valence-corrected chi connectivity index (χ2v) is 12.8. The lowest BCUT2D eigenvalue weighted by atomic mass is 9.96. The Kier molecular flexibility index (Phi) is 6.78. The highest BCUT2D eigenvalue weighted by molar-refractivity contribution is 6.29. The van der Waals surface area contributed by atoms with Crippen molar-refractivity contribution in [1.82, 2.24) is 19.5 Å². The topological polar surface area (TPSA) is 43.6 Å². The van der Waals surface area contributed by atoms with E-state index in [9.17, 15) is 0 Å². The van der Waals surface area contributed by atoms with Gasteiger partial charge >= 0.3 is 0 Å². The van der Waals surface area contributed by atoms with Gasteiger partial charge in [-0.1, -0.05) is 146 Å². The van der Waals surface area contributed by atoms with Crippen LogP contribution in [0.5, 0.6) is 0 Å². The average Bonchev–Trinajstić information content (AvgIpc) is 3.56. The maximum absolute atomic E-state index is 5.30. The van der Waals surface area contributed by atoms with E-state index in [0.717, 1.165) is 61.3 Å². The third kappa shape index (κ3) is 4.88. The van der Waals surface area contributed by atoms with E-state index in [1.807, 2.05) is 36.4 Å². The highest BCUT2D eigenvalue weighted by Gasteiger charge is 2.19. The lowest BCUT2D eigenvalue weighted by molar-refractivity contribution is 1.18. The van der Waals surface area contributed by atoms with Gasteiger partial charge in [0.25, 0.3) is 0 Å². The summed E-state index contributed by atoms with van der Waals surface area (Å²) in [5, 5.41) is 5.95. The number of fused-ring (bicyclic) bond motifs is 7. The van der Waals surface area contributed by atoms with Crippen molar-refractivity contribution in [2.75, 3.05) is 0 Å². The maximum Gasteiger partial charge on any atom is 0.160 e. The standard InChI is InChI=1S/C47H30N4/c1-4-14-31(15-5-1)40-30-41(32-16-6-2-7-17-32)50-47(49-40)34-26-24-33(25-27-34)46-38-28-29-43-45(44(38)36-20-10-12-22-39(36)48-46)37-21-11-13-23-42(37)51(43)35-18-8-3-9-19-35/h1-30H. The number of hydrogen-bond donors (Lipinski definition) is 0. The van der Waals surface area contributed by atoms with Crippen LogP contribution in [0.4, 0.5) is 0 Å². The molecule has 0 fully saturated rings. The largest absolute Gasteiger partial charge is 0.309 e. The first-order valence-corrected chi connectivity index (χ1v) is 17.2. The molecule has 0 N–H and O–H groups in total. The van der Waals surface area contributed by atoms with E-state index in [-0.39, 0.29) is 0 Å². The zero-order valence-corrected chi connectivity index (χ0v) is 27.6. The average molecular weight is 651 g/mol. The molecule has 3 aromatic heterocycles. The zero-order valence-electron chi connectivity index (χ0n) is 27.6. The van der Waals surface area contributed by atoms with Crippen LogP contribution in [0.2, 0.25) is 0 Å².